The lowest BCUT2D eigenvalue weighted by Gasteiger charge is -2.27. The Kier molecular flexibility index (Phi) is 3.48. The monoisotopic (exact) mass is 229 g/mol. The maximum atomic E-state index is 13.3. The van der Waals surface area contributed by atoms with Crippen LogP contribution in [0.5, 0.6) is 0 Å². The van der Waals surface area contributed by atoms with Crippen LogP contribution in [-0.2, 0) is 9.47 Å². The lowest BCUT2D eigenvalue weighted by molar-refractivity contribution is -0.132. The SMILES string of the molecule is NC(COC1COC1)c1cc(F)ccc1F. The van der Waals surface area contributed by atoms with Gasteiger partial charge >= 0.3 is 0 Å². The summed E-state index contributed by atoms with van der Waals surface area (Å²) in [7, 11) is 0. The van der Waals surface area contributed by atoms with Crippen LogP contribution < -0.4 is 5.73 Å². The van der Waals surface area contributed by atoms with E-state index in [1.165, 1.54) is 0 Å². The fourth-order valence-corrected chi connectivity index (χ4v) is 1.44. The van der Waals surface area contributed by atoms with Gasteiger partial charge in [-0.2, -0.15) is 0 Å². The van der Waals surface area contributed by atoms with Crippen molar-refractivity contribution in [3.05, 3.63) is 35.4 Å². The third kappa shape index (κ3) is 2.55. The first-order valence-electron chi connectivity index (χ1n) is 5.06. The summed E-state index contributed by atoms with van der Waals surface area (Å²) in [6, 6.07) is 2.57. The molecule has 1 unspecified atom stereocenters. The number of halogens is 2. The maximum Gasteiger partial charge on any atom is 0.128 e. The van der Waals surface area contributed by atoms with Gasteiger partial charge in [0.2, 0.25) is 0 Å². The van der Waals surface area contributed by atoms with Gasteiger partial charge in [0, 0.05) is 5.56 Å². The molecule has 1 saturated heterocycles. The number of hydrogen-bond acceptors (Lipinski definition) is 3. The molecular formula is C11H13F2NO2. The van der Waals surface area contributed by atoms with Crippen molar-refractivity contribution in [2.24, 2.45) is 5.73 Å². The molecule has 1 heterocycles. The van der Waals surface area contributed by atoms with Gasteiger partial charge in [-0.25, -0.2) is 8.78 Å². The van der Waals surface area contributed by atoms with Crippen LogP contribution in [0.3, 0.4) is 0 Å². The predicted octanol–water partition coefficient (Wildman–Crippen LogP) is 1.38. The average molecular weight is 229 g/mol. The van der Waals surface area contributed by atoms with Crippen LogP contribution >= 0.6 is 0 Å². The molecule has 2 N–H and O–H groups in total. The summed E-state index contributed by atoms with van der Waals surface area (Å²) >= 11 is 0. The zero-order valence-electron chi connectivity index (χ0n) is 8.66. The van der Waals surface area contributed by atoms with Gasteiger partial charge < -0.3 is 15.2 Å². The Labute approximate surface area is 92.1 Å². The lowest BCUT2D eigenvalue weighted by Crippen LogP contribution is -2.38. The summed E-state index contributed by atoms with van der Waals surface area (Å²) in [5, 5.41) is 0. The van der Waals surface area contributed by atoms with Crippen molar-refractivity contribution in [1.82, 2.24) is 0 Å². The zero-order valence-corrected chi connectivity index (χ0v) is 8.66. The molecule has 0 radical (unpaired) electrons. The third-order valence-electron chi connectivity index (χ3n) is 2.48. The van der Waals surface area contributed by atoms with Crippen LogP contribution in [0.1, 0.15) is 11.6 Å². The van der Waals surface area contributed by atoms with E-state index in [-0.39, 0.29) is 18.3 Å². The molecule has 1 aliphatic heterocycles. The molecule has 1 atom stereocenters. The second kappa shape index (κ2) is 4.86. The first-order valence-corrected chi connectivity index (χ1v) is 5.06. The molecule has 1 aliphatic rings. The number of benzene rings is 1. The Morgan fingerprint density at radius 3 is 2.81 bits per heavy atom. The second-order valence-electron chi connectivity index (χ2n) is 3.77. The van der Waals surface area contributed by atoms with Gasteiger partial charge in [-0.15, -0.1) is 0 Å². The summed E-state index contributed by atoms with van der Waals surface area (Å²) in [5.41, 5.74) is 5.86. The quantitative estimate of drug-likeness (QED) is 0.848. The molecule has 0 bridgehead atoms. The van der Waals surface area contributed by atoms with Crippen molar-refractivity contribution in [3.8, 4) is 0 Å². The van der Waals surface area contributed by atoms with Crippen LogP contribution in [0.25, 0.3) is 0 Å². The van der Waals surface area contributed by atoms with Gasteiger partial charge in [-0.3, -0.25) is 0 Å². The predicted molar refractivity (Wildman–Crippen MR) is 53.8 cm³/mol. The van der Waals surface area contributed by atoms with Gasteiger partial charge in [0.1, 0.15) is 17.7 Å². The van der Waals surface area contributed by atoms with Crippen molar-refractivity contribution in [2.45, 2.75) is 12.1 Å². The lowest BCUT2D eigenvalue weighted by atomic mass is 10.1. The summed E-state index contributed by atoms with van der Waals surface area (Å²) in [4.78, 5) is 0. The summed E-state index contributed by atoms with van der Waals surface area (Å²) in [6.07, 6.45) is 0.0303. The van der Waals surface area contributed by atoms with E-state index in [1.807, 2.05) is 0 Å². The minimum atomic E-state index is -0.656. The van der Waals surface area contributed by atoms with E-state index in [0.717, 1.165) is 18.2 Å². The molecule has 1 fully saturated rings. The fraction of sp³-hybridized carbons (Fsp3) is 0.455. The number of rotatable bonds is 4. The first kappa shape index (κ1) is 11.4. The fourth-order valence-electron chi connectivity index (χ4n) is 1.44. The van der Waals surface area contributed by atoms with Crippen LogP contribution in [-0.4, -0.2) is 25.9 Å². The largest absolute Gasteiger partial charge is 0.376 e. The average Bonchev–Trinajstić information content (AvgIpc) is 2.19. The molecule has 1 aromatic carbocycles. The van der Waals surface area contributed by atoms with Crippen molar-refractivity contribution in [1.29, 1.82) is 0 Å². The van der Waals surface area contributed by atoms with Gasteiger partial charge in [-0.1, -0.05) is 0 Å². The van der Waals surface area contributed by atoms with Gasteiger partial charge in [0.25, 0.3) is 0 Å². The van der Waals surface area contributed by atoms with Crippen LogP contribution in [0.15, 0.2) is 18.2 Å². The van der Waals surface area contributed by atoms with E-state index in [1.54, 1.807) is 0 Å². The van der Waals surface area contributed by atoms with E-state index in [2.05, 4.69) is 0 Å². The molecule has 0 saturated carbocycles. The molecule has 5 heteroatoms. The minimum Gasteiger partial charge on any atom is -0.376 e. The molecule has 0 aliphatic carbocycles. The van der Waals surface area contributed by atoms with Crippen molar-refractivity contribution in [3.63, 3.8) is 0 Å². The van der Waals surface area contributed by atoms with E-state index in [0.29, 0.717) is 13.2 Å². The van der Waals surface area contributed by atoms with Crippen molar-refractivity contribution >= 4 is 0 Å². The molecule has 2 rings (SSSR count). The summed E-state index contributed by atoms with van der Waals surface area (Å²) < 4.78 is 36.5. The molecule has 3 nitrogen and oxygen atoms in total. The first-order chi connectivity index (χ1) is 7.66. The Bertz CT molecular complexity index is 369. The normalized spacial score (nSPS) is 18.2. The van der Waals surface area contributed by atoms with Crippen LogP contribution in [0.2, 0.25) is 0 Å². The maximum absolute atomic E-state index is 13.3. The van der Waals surface area contributed by atoms with Crippen molar-refractivity contribution in [2.75, 3.05) is 19.8 Å². The topological polar surface area (TPSA) is 44.5 Å². The highest BCUT2D eigenvalue weighted by Crippen LogP contribution is 2.18. The second-order valence-corrected chi connectivity index (χ2v) is 3.77. The minimum absolute atomic E-state index is 0.0303. The zero-order chi connectivity index (χ0) is 11.5. The summed E-state index contributed by atoms with van der Waals surface area (Å²) in [5.74, 6) is -1.01. The highest BCUT2D eigenvalue weighted by atomic mass is 19.1. The molecule has 0 spiro atoms. The van der Waals surface area contributed by atoms with Crippen LogP contribution in [0.4, 0.5) is 8.78 Å². The number of nitrogens with two attached hydrogens (primary N) is 1. The van der Waals surface area contributed by atoms with E-state index in [9.17, 15) is 8.78 Å². The Hall–Kier alpha value is -1.04. The third-order valence-corrected chi connectivity index (χ3v) is 2.48. The summed E-state index contributed by atoms with van der Waals surface area (Å²) in [6.45, 7) is 1.24. The molecule has 1 aromatic rings. The van der Waals surface area contributed by atoms with E-state index in [4.69, 9.17) is 15.2 Å². The highest BCUT2D eigenvalue weighted by Gasteiger charge is 2.21. The standard InChI is InChI=1S/C11H13F2NO2/c12-7-1-2-10(13)9(3-7)11(14)6-16-8-4-15-5-8/h1-3,8,11H,4-6,14H2. The van der Waals surface area contributed by atoms with E-state index >= 15 is 0 Å². The van der Waals surface area contributed by atoms with Gasteiger partial charge in [-0.05, 0) is 18.2 Å². The van der Waals surface area contributed by atoms with Gasteiger partial charge in [0.05, 0.1) is 25.9 Å². The number of ether oxygens (including phenoxy) is 2. The Balaban J connectivity index is 1.95. The Morgan fingerprint density at radius 1 is 1.44 bits per heavy atom. The number of hydrogen-bond donors (Lipinski definition) is 1. The molecule has 88 valence electrons. The smallest absolute Gasteiger partial charge is 0.128 e. The van der Waals surface area contributed by atoms with Gasteiger partial charge in [0.15, 0.2) is 0 Å². The molecule has 16 heavy (non-hydrogen) atoms. The molecular weight excluding hydrogens is 216 g/mol. The van der Waals surface area contributed by atoms with E-state index < -0.39 is 17.7 Å². The Morgan fingerprint density at radius 2 is 2.19 bits per heavy atom. The highest BCUT2D eigenvalue weighted by molar-refractivity contribution is 5.22. The molecule has 0 aromatic heterocycles. The van der Waals surface area contributed by atoms with Crippen molar-refractivity contribution < 1.29 is 18.3 Å². The van der Waals surface area contributed by atoms with Crippen LogP contribution in [0, 0.1) is 11.6 Å². The molecule has 0 amide bonds.